The van der Waals surface area contributed by atoms with E-state index in [1.807, 2.05) is 12.4 Å². The molecular formula is C52H74B3N5O6. The zero-order valence-corrected chi connectivity index (χ0v) is 42.7. The van der Waals surface area contributed by atoms with Crippen molar-refractivity contribution in [3.8, 4) is 0 Å². The van der Waals surface area contributed by atoms with Crippen LogP contribution < -0.4 is 16.4 Å². The molecule has 2 aromatic carbocycles. The first-order valence-corrected chi connectivity index (χ1v) is 24.3. The van der Waals surface area contributed by atoms with E-state index in [-0.39, 0.29) is 55.0 Å². The molecule has 3 saturated heterocycles. The van der Waals surface area contributed by atoms with Crippen molar-refractivity contribution in [1.82, 2.24) is 23.9 Å². The van der Waals surface area contributed by atoms with Crippen molar-refractivity contribution < 1.29 is 27.9 Å². The van der Waals surface area contributed by atoms with Gasteiger partial charge < -0.3 is 37.1 Å². The lowest BCUT2D eigenvalue weighted by atomic mass is 9.78. The van der Waals surface area contributed by atoms with Crippen LogP contribution in [-0.2, 0) is 47.6 Å². The van der Waals surface area contributed by atoms with Crippen LogP contribution >= 0.6 is 0 Å². The standard InChI is InChI=1S/C18H26BNO2.C17H23BN2O2.C17H25BN2O2/c1-13(2)12-20-10-9-14-11-15(7-8-16(14)20)19-21-17(3,4)18(5,6)22-19;1-16(2)17(3,4)22-18(21-16)14-9-13-7-8-20(11-12-5-6-12)15(13)19-10-14;1-12(2)11-20-15-8-7-14(9-13(15)10-19-20)18-21-16(3,4)17(5,6)22-18/h7-11,13H,12H2,1-6H3;7-10,12H,5-6,11H2,1-4H3;7-10,12H,11H2,1-6H3. The second-order valence-corrected chi connectivity index (χ2v) is 23.1. The number of nitrogens with zero attached hydrogens (tertiary/aromatic N) is 5. The lowest BCUT2D eigenvalue weighted by Crippen LogP contribution is -2.41. The molecule has 10 rings (SSSR count). The number of fused-ring (bicyclic) bond motifs is 3. The molecule has 7 heterocycles. The summed E-state index contributed by atoms with van der Waals surface area (Å²) in [6.07, 6.45) is 10.8. The minimum atomic E-state index is -0.339. The van der Waals surface area contributed by atoms with E-state index in [1.54, 1.807) is 0 Å². The maximum Gasteiger partial charge on any atom is 0.496 e. The predicted molar refractivity (Wildman–Crippen MR) is 271 cm³/mol. The molecule has 66 heavy (non-hydrogen) atoms. The fourth-order valence-electron chi connectivity index (χ4n) is 8.55. The molecule has 0 N–H and O–H groups in total. The molecule has 352 valence electrons. The Bertz CT molecular complexity index is 2350. The van der Waals surface area contributed by atoms with Crippen LogP contribution in [0.4, 0.5) is 0 Å². The molecule has 4 aromatic heterocycles. The molecule has 0 bridgehead atoms. The third kappa shape index (κ3) is 9.83. The molecule has 11 nitrogen and oxygen atoms in total. The van der Waals surface area contributed by atoms with Gasteiger partial charge in [-0.1, -0.05) is 52.0 Å². The highest BCUT2D eigenvalue weighted by atomic mass is 16.7. The third-order valence-corrected chi connectivity index (χ3v) is 14.9. The Hall–Kier alpha value is -3.91. The van der Waals surface area contributed by atoms with Crippen LogP contribution in [0.15, 0.2) is 79.4 Å². The van der Waals surface area contributed by atoms with Crippen molar-refractivity contribution in [2.45, 2.75) is 177 Å². The van der Waals surface area contributed by atoms with Crippen molar-refractivity contribution in [2.75, 3.05) is 0 Å². The molecule has 4 fully saturated rings. The predicted octanol–water partition coefficient (Wildman–Crippen LogP) is 9.33. The van der Waals surface area contributed by atoms with E-state index in [0.29, 0.717) is 11.8 Å². The molecule has 14 heteroatoms. The summed E-state index contributed by atoms with van der Waals surface area (Å²) in [5.74, 6) is 2.06. The lowest BCUT2D eigenvalue weighted by molar-refractivity contribution is 0.00578. The normalized spacial score (nSPS) is 21.3. The highest BCUT2D eigenvalue weighted by Crippen LogP contribution is 2.39. The summed E-state index contributed by atoms with van der Waals surface area (Å²) in [6, 6.07) is 19.3. The van der Waals surface area contributed by atoms with Gasteiger partial charge in [-0.25, -0.2) is 4.98 Å². The van der Waals surface area contributed by atoms with E-state index in [4.69, 9.17) is 27.9 Å². The van der Waals surface area contributed by atoms with Crippen LogP contribution in [0.2, 0.25) is 0 Å². The molecule has 6 aromatic rings. The van der Waals surface area contributed by atoms with E-state index in [1.165, 1.54) is 23.7 Å². The van der Waals surface area contributed by atoms with Crippen LogP contribution in [0.3, 0.4) is 0 Å². The van der Waals surface area contributed by atoms with Gasteiger partial charge in [-0.15, -0.1) is 0 Å². The summed E-state index contributed by atoms with van der Waals surface area (Å²) in [4.78, 5) is 4.67. The van der Waals surface area contributed by atoms with E-state index in [2.05, 4.69) is 202 Å². The second kappa shape index (κ2) is 17.6. The maximum absolute atomic E-state index is 6.14. The van der Waals surface area contributed by atoms with Gasteiger partial charge in [0, 0.05) is 60.0 Å². The zero-order chi connectivity index (χ0) is 47.8. The number of hydrogen-bond donors (Lipinski definition) is 0. The van der Waals surface area contributed by atoms with Gasteiger partial charge in [0.15, 0.2) is 0 Å². The first-order valence-electron chi connectivity index (χ1n) is 24.3. The summed E-state index contributed by atoms with van der Waals surface area (Å²) in [7, 11) is -0.945. The Balaban J connectivity index is 0.000000135. The topological polar surface area (TPSA) is 96.0 Å². The molecule has 1 aliphatic carbocycles. The Morgan fingerprint density at radius 1 is 0.515 bits per heavy atom. The summed E-state index contributed by atoms with van der Waals surface area (Å²) in [5.41, 5.74) is 4.79. The number of aromatic nitrogens is 5. The van der Waals surface area contributed by atoms with Crippen LogP contribution in [0.1, 0.15) is 124 Å². The highest BCUT2D eigenvalue weighted by molar-refractivity contribution is 6.63. The van der Waals surface area contributed by atoms with Crippen molar-refractivity contribution in [1.29, 1.82) is 0 Å². The van der Waals surface area contributed by atoms with Gasteiger partial charge in [0.05, 0.1) is 45.3 Å². The summed E-state index contributed by atoms with van der Waals surface area (Å²) < 4.78 is 43.4. The monoisotopic (exact) mass is 898 g/mol. The molecule has 1 saturated carbocycles. The fourth-order valence-corrected chi connectivity index (χ4v) is 8.55. The Kier molecular flexibility index (Phi) is 12.9. The van der Waals surface area contributed by atoms with Gasteiger partial charge in [-0.05, 0) is 160 Å². The van der Waals surface area contributed by atoms with Crippen molar-refractivity contribution in [3.05, 3.63) is 79.4 Å². The van der Waals surface area contributed by atoms with E-state index < -0.39 is 0 Å². The van der Waals surface area contributed by atoms with Gasteiger partial charge in [0.1, 0.15) is 5.65 Å². The van der Waals surface area contributed by atoms with E-state index in [0.717, 1.165) is 63.9 Å². The fraction of sp³-hybridized carbons (Fsp3) is 0.577. The Morgan fingerprint density at radius 3 is 1.45 bits per heavy atom. The number of rotatable bonds is 9. The zero-order valence-electron chi connectivity index (χ0n) is 42.7. The van der Waals surface area contributed by atoms with Gasteiger partial charge in [0.2, 0.25) is 0 Å². The molecule has 3 aliphatic heterocycles. The number of hydrogen-bond acceptors (Lipinski definition) is 8. The minimum absolute atomic E-state index is 0.289. The molecule has 0 unspecified atom stereocenters. The van der Waals surface area contributed by atoms with Gasteiger partial charge in [-0.3, -0.25) is 4.68 Å². The van der Waals surface area contributed by atoms with Crippen molar-refractivity contribution >= 4 is 70.6 Å². The summed E-state index contributed by atoms with van der Waals surface area (Å²) in [6.45, 7) is 36.9. The molecule has 0 radical (unpaired) electrons. The van der Waals surface area contributed by atoms with Crippen molar-refractivity contribution in [2.24, 2.45) is 17.8 Å². The quantitative estimate of drug-likeness (QED) is 0.133. The highest BCUT2D eigenvalue weighted by Gasteiger charge is 2.54. The Labute approximate surface area is 395 Å². The molecule has 0 atom stereocenters. The second-order valence-electron chi connectivity index (χ2n) is 23.1. The first-order chi connectivity index (χ1) is 30.7. The largest absolute Gasteiger partial charge is 0.496 e. The average molecular weight is 898 g/mol. The maximum atomic E-state index is 6.14. The number of pyridine rings is 1. The minimum Gasteiger partial charge on any atom is -0.399 e. The van der Waals surface area contributed by atoms with E-state index >= 15 is 0 Å². The van der Waals surface area contributed by atoms with Crippen LogP contribution in [-0.4, -0.2) is 78.9 Å². The lowest BCUT2D eigenvalue weighted by Gasteiger charge is -2.32. The first kappa shape index (κ1) is 48.5. The molecule has 4 aliphatic rings. The van der Waals surface area contributed by atoms with Crippen molar-refractivity contribution in [3.63, 3.8) is 0 Å². The Morgan fingerprint density at radius 2 is 0.955 bits per heavy atom. The SMILES string of the molecule is CC(C)Cn1ccc2cc(B3OC(C)(C)C(C)(C)O3)ccc21.CC(C)Cn1ncc2cc(B3OC(C)(C)C(C)(C)O3)ccc21.CC1(C)OB(c2cnc3c(ccn3CC3CC3)c2)OC1(C)C. The summed E-state index contributed by atoms with van der Waals surface area (Å²) >= 11 is 0. The van der Waals surface area contributed by atoms with Gasteiger partial charge in [0.25, 0.3) is 0 Å². The third-order valence-electron chi connectivity index (χ3n) is 14.9. The summed E-state index contributed by atoms with van der Waals surface area (Å²) in [5, 5.41) is 8.03. The average Bonchev–Trinajstić information content (AvgIpc) is 3.43. The van der Waals surface area contributed by atoms with Crippen LogP contribution in [0.25, 0.3) is 32.8 Å². The van der Waals surface area contributed by atoms with Gasteiger partial charge >= 0.3 is 21.4 Å². The molecule has 0 amide bonds. The van der Waals surface area contributed by atoms with E-state index in [9.17, 15) is 0 Å². The molecule has 0 spiro atoms. The number of benzene rings is 2. The smallest absolute Gasteiger partial charge is 0.399 e. The van der Waals surface area contributed by atoms with Crippen LogP contribution in [0, 0.1) is 17.8 Å². The van der Waals surface area contributed by atoms with Gasteiger partial charge in [-0.2, -0.15) is 5.10 Å². The van der Waals surface area contributed by atoms with Crippen LogP contribution in [0.5, 0.6) is 0 Å². The molecular weight excluding hydrogens is 823 g/mol.